The van der Waals surface area contributed by atoms with Gasteiger partial charge in [-0.05, 0) is 32.1 Å². The van der Waals surface area contributed by atoms with Gasteiger partial charge in [-0.15, -0.1) is 0 Å². The van der Waals surface area contributed by atoms with Crippen LogP contribution in [0.3, 0.4) is 0 Å². The maximum absolute atomic E-state index is 12.4. The van der Waals surface area contributed by atoms with E-state index in [1.54, 1.807) is 20.9 Å². The summed E-state index contributed by atoms with van der Waals surface area (Å²) in [6, 6.07) is 0. The number of hydrogen-bond donors (Lipinski definition) is 1. The first kappa shape index (κ1) is 14.4. The number of hydrogen-bond acceptors (Lipinski definition) is 2. The Kier molecular flexibility index (Phi) is 3.88. The number of carbonyl (C=O) groups excluding carboxylic acids is 1. The van der Waals surface area contributed by atoms with E-state index >= 15 is 0 Å². The van der Waals surface area contributed by atoms with Crippen molar-refractivity contribution in [1.29, 1.82) is 0 Å². The molecule has 2 saturated carbocycles. The highest BCUT2D eigenvalue weighted by Crippen LogP contribution is 2.50. The largest absolute Gasteiger partial charge is 0.480 e. The summed E-state index contributed by atoms with van der Waals surface area (Å²) in [6.45, 7) is 3.18. The summed E-state index contributed by atoms with van der Waals surface area (Å²) in [4.78, 5) is 25.0. The molecule has 0 spiro atoms. The Hall–Kier alpha value is -1.06. The van der Waals surface area contributed by atoms with E-state index in [0.29, 0.717) is 11.8 Å². The fraction of sp³-hybridized carbons (Fsp3) is 0.867. The van der Waals surface area contributed by atoms with Gasteiger partial charge in [0.1, 0.15) is 5.54 Å². The van der Waals surface area contributed by atoms with Gasteiger partial charge in [-0.2, -0.15) is 0 Å². The van der Waals surface area contributed by atoms with Crippen molar-refractivity contribution in [2.24, 2.45) is 17.8 Å². The molecular formula is C15H25NO3. The Bertz CT molecular complexity index is 372. The van der Waals surface area contributed by atoms with Crippen LogP contribution >= 0.6 is 0 Å². The lowest BCUT2D eigenvalue weighted by Crippen LogP contribution is -2.51. The van der Waals surface area contributed by atoms with Crippen molar-refractivity contribution in [3.05, 3.63) is 0 Å². The van der Waals surface area contributed by atoms with Crippen molar-refractivity contribution < 1.29 is 14.7 Å². The highest BCUT2D eigenvalue weighted by Gasteiger charge is 2.50. The topological polar surface area (TPSA) is 57.6 Å². The SMILES string of the molecule is CN(C(=O)C1CC1C1CCCCC1)C(C)(C)C(=O)O. The molecule has 0 aromatic heterocycles. The second-order valence-corrected chi connectivity index (χ2v) is 6.67. The van der Waals surface area contributed by atoms with Crippen LogP contribution in [0.25, 0.3) is 0 Å². The van der Waals surface area contributed by atoms with Gasteiger partial charge in [0, 0.05) is 13.0 Å². The molecule has 2 fully saturated rings. The molecule has 0 saturated heterocycles. The van der Waals surface area contributed by atoms with Gasteiger partial charge in [0.05, 0.1) is 0 Å². The number of likely N-dealkylation sites (N-methyl/N-ethyl adjacent to an activating group) is 1. The van der Waals surface area contributed by atoms with Crippen LogP contribution in [0.15, 0.2) is 0 Å². The first-order chi connectivity index (χ1) is 8.85. The molecule has 1 amide bonds. The molecule has 2 rings (SSSR count). The van der Waals surface area contributed by atoms with Crippen LogP contribution in [-0.4, -0.2) is 34.5 Å². The molecular weight excluding hydrogens is 242 g/mol. The summed E-state index contributed by atoms with van der Waals surface area (Å²) < 4.78 is 0. The Balaban J connectivity index is 1.93. The summed E-state index contributed by atoms with van der Waals surface area (Å²) in [6.07, 6.45) is 7.37. The normalized spacial score (nSPS) is 27.9. The molecule has 0 aromatic rings. The van der Waals surface area contributed by atoms with Crippen LogP contribution in [0, 0.1) is 17.8 Å². The molecule has 2 aliphatic carbocycles. The summed E-state index contributed by atoms with van der Waals surface area (Å²) in [5.74, 6) is 0.358. The van der Waals surface area contributed by atoms with Crippen molar-refractivity contribution >= 4 is 11.9 Å². The molecule has 0 aliphatic heterocycles. The van der Waals surface area contributed by atoms with Crippen LogP contribution in [0.1, 0.15) is 52.4 Å². The average Bonchev–Trinajstić information content (AvgIpc) is 3.18. The summed E-state index contributed by atoms with van der Waals surface area (Å²) in [5, 5.41) is 9.18. The van der Waals surface area contributed by atoms with E-state index in [1.165, 1.54) is 37.0 Å². The molecule has 19 heavy (non-hydrogen) atoms. The van der Waals surface area contributed by atoms with Gasteiger partial charge in [-0.3, -0.25) is 4.79 Å². The van der Waals surface area contributed by atoms with E-state index in [1.807, 2.05) is 0 Å². The van der Waals surface area contributed by atoms with E-state index in [0.717, 1.165) is 6.42 Å². The molecule has 2 aliphatic rings. The first-order valence-corrected chi connectivity index (χ1v) is 7.36. The minimum atomic E-state index is -1.11. The molecule has 0 heterocycles. The molecule has 1 N–H and O–H groups in total. The van der Waals surface area contributed by atoms with E-state index in [2.05, 4.69) is 0 Å². The Morgan fingerprint density at radius 2 is 1.74 bits per heavy atom. The zero-order chi connectivity index (χ0) is 14.2. The second kappa shape index (κ2) is 5.14. The average molecular weight is 267 g/mol. The first-order valence-electron chi connectivity index (χ1n) is 7.36. The Morgan fingerprint density at radius 1 is 1.16 bits per heavy atom. The van der Waals surface area contributed by atoms with E-state index < -0.39 is 11.5 Å². The third-order valence-corrected chi connectivity index (χ3v) is 5.10. The predicted octanol–water partition coefficient (Wildman–Crippen LogP) is 2.52. The number of carboxylic acids is 1. The molecule has 4 nitrogen and oxygen atoms in total. The Labute approximate surface area is 115 Å². The maximum Gasteiger partial charge on any atom is 0.329 e. The number of carbonyl (C=O) groups is 2. The molecule has 2 unspecified atom stereocenters. The minimum absolute atomic E-state index is 0.0166. The molecule has 0 radical (unpaired) electrons. The quantitative estimate of drug-likeness (QED) is 0.851. The number of carboxylic acid groups (broad SMARTS) is 1. The third-order valence-electron chi connectivity index (χ3n) is 5.10. The zero-order valence-electron chi connectivity index (χ0n) is 12.2. The maximum atomic E-state index is 12.4. The van der Waals surface area contributed by atoms with Crippen LogP contribution in [0.4, 0.5) is 0 Å². The van der Waals surface area contributed by atoms with Crippen molar-refractivity contribution in [2.45, 2.75) is 57.9 Å². The molecule has 2 atom stereocenters. The van der Waals surface area contributed by atoms with Gasteiger partial charge in [-0.25, -0.2) is 4.79 Å². The third kappa shape index (κ3) is 2.77. The summed E-state index contributed by atoms with van der Waals surface area (Å²) in [5.41, 5.74) is -1.11. The lowest BCUT2D eigenvalue weighted by atomic mass is 9.85. The minimum Gasteiger partial charge on any atom is -0.480 e. The van der Waals surface area contributed by atoms with E-state index in [-0.39, 0.29) is 11.8 Å². The standard InChI is InChI=1S/C15H25NO3/c1-15(2,14(18)19)16(3)13(17)12-9-11(12)10-7-5-4-6-8-10/h10-12H,4-9H2,1-3H3,(H,18,19). The van der Waals surface area contributed by atoms with Crippen LogP contribution in [-0.2, 0) is 9.59 Å². The zero-order valence-corrected chi connectivity index (χ0v) is 12.2. The molecule has 0 bridgehead atoms. The lowest BCUT2D eigenvalue weighted by molar-refractivity contribution is -0.156. The number of amides is 1. The van der Waals surface area contributed by atoms with Gasteiger partial charge < -0.3 is 10.0 Å². The highest BCUT2D eigenvalue weighted by molar-refractivity contribution is 5.88. The van der Waals surface area contributed by atoms with Crippen LogP contribution in [0.2, 0.25) is 0 Å². The lowest BCUT2D eigenvalue weighted by Gasteiger charge is -2.32. The number of aliphatic carboxylic acids is 1. The number of nitrogens with zero attached hydrogens (tertiary/aromatic N) is 1. The van der Waals surface area contributed by atoms with Gasteiger partial charge >= 0.3 is 5.97 Å². The molecule has 0 aromatic carbocycles. The predicted molar refractivity (Wildman–Crippen MR) is 72.7 cm³/mol. The number of rotatable bonds is 4. The highest BCUT2D eigenvalue weighted by atomic mass is 16.4. The fourth-order valence-electron chi connectivity index (χ4n) is 3.25. The van der Waals surface area contributed by atoms with E-state index in [4.69, 9.17) is 0 Å². The van der Waals surface area contributed by atoms with Gasteiger partial charge in [-0.1, -0.05) is 32.1 Å². The van der Waals surface area contributed by atoms with Crippen molar-refractivity contribution in [3.8, 4) is 0 Å². The molecule has 108 valence electrons. The van der Waals surface area contributed by atoms with Crippen LogP contribution in [0.5, 0.6) is 0 Å². The summed E-state index contributed by atoms with van der Waals surface area (Å²) >= 11 is 0. The van der Waals surface area contributed by atoms with Crippen molar-refractivity contribution in [1.82, 2.24) is 4.90 Å². The van der Waals surface area contributed by atoms with E-state index in [9.17, 15) is 14.7 Å². The smallest absolute Gasteiger partial charge is 0.329 e. The second-order valence-electron chi connectivity index (χ2n) is 6.67. The van der Waals surface area contributed by atoms with Crippen molar-refractivity contribution in [2.75, 3.05) is 7.05 Å². The van der Waals surface area contributed by atoms with Crippen LogP contribution < -0.4 is 0 Å². The monoisotopic (exact) mass is 267 g/mol. The van der Waals surface area contributed by atoms with Gasteiger partial charge in [0.2, 0.25) is 5.91 Å². The van der Waals surface area contributed by atoms with Gasteiger partial charge in [0.25, 0.3) is 0 Å². The molecule has 4 heteroatoms. The van der Waals surface area contributed by atoms with Crippen molar-refractivity contribution in [3.63, 3.8) is 0 Å². The summed E-state index contributed by atoms with van der Waals surface area (Å²) in [7, 11) is 1.62. The fourth-order valence-corrected chi connectivity index (χ4v) is 3.25. The Morgan fingerprint density at radius 3 is 2.26 bits per heavy atom. The van der Waals surface area contributed by atoms with Gasteiger partial charge in [0.15, 0.2) is 0 Å².